The van der Waals surface area contributed by atoms with Gasteiger partial charge >= 0.3 is 0 Å². The Kier molecular flexibility index (Phi) is 6.46. The lowest BCUT2D eigenvalue weighted by molar-refractivity contribution is -0.122. The van der Waals surface area contributed by atoms with Gasteiger partial charge in [0.1, 0.15) is 12.3 Å². The molecule has 0 unspecified atom stereocenters. The first-order chi connectivity index (χ1) is 14.0. The van der Waals surface area contributed by atoms with Gasteiger partial charge in [0.05, 0.1) is 18.5 Å². The van der Waals surface area contributed by atoms with Crippen molar-refractivity contribution in [2.45, 2.75) is 20.0 Å². The normalized spacial score (nSPS) is 10.4. The molecule has 8 nitrogen and oxygen atoms in total. The van der Waals surface area contributed by atoms with Gasteiger partial charge in [-0.1, -0.05) is 47.1 Å². The number of amides is 2. The Hall–Kier alpha value is -3.39. The summed E-state index contributed by atoms with van der Waals surface area (Å²) in [4.78, 5) is 24.8. The number of methoxy groups -OCH3 is 1. The zero-order valence-electron chi connectivity index (χ0n) is 16.0. The third kappa shape index (κ3) is 4.91. The topological polar surface area (TPSA) is 98.1 Å². The molecular weight excluding hydrogens is 394 g/mol. The summed E-state index contributed by atoms with van der Waals surface area (Å²) in [7, 11) is 1.52. The summed E-state index contributed by atoms with van der Waals surface area (Å²) in [5.41, 5.74) is 1.95. The first-order valence-electron chi connectivity index (χ1n) is 8.84. The summed E-state index contributed by atoms with van der Waals surface area (Å²) in [5.74, 6) is -0.172. The number of ether oxygens (including phenoxy) is 1. The highest BCUT2D eigenvalue weighted by Gasteiger charge is 2.19. The van der Waals surface area contributed by atoms with Gasteiger partial charge in [-0.05, 0) is 30.7 Å². The number of nitrogens with one attached hydrogen (secondary N) is 2. The van der Waals surface area contributed by atoms with Gasteiger partial charge in [0, 0.05) is 11.6 Å². The van der Waals surface area contributed by atoms with Gasteiger partial charge in [0.25, 0.3) is 5.91 Å². The van der Waals surface area contributed by atoms with Crippen molar-refractivity contribution in [1.82, 2.24) is 20.3 Å². The first-order valence-corrected chi connectivity index (χ1v) is 9.22. The van der Waals surface area contributed by atoms with Crippen molar-refractivity contribution in [2.24, 2.45) is 0 Å². The number of aromatic nitrogens is 3. The largest absolute Gasteiger partial charge is 0.495 e. The molecule has 150 valence electrons. The van der Waals surface area contributed by atoms with Crippen molar-refractivity contribution in [2.75, 3.05) is 12.4 Å². The van der Waals surface area contributed by atoms with Crippen LogP contribution in [0.3, 0.4) is 0 Å². The van der Waals surface area contributed by atoms with Crippen LogP contribution < -0.4 is 15.4 Å². The lowest BCUT2D eigenvalue weighted by atomic mass is 10.2. The monoisotopic (exact) mass is 413 g/mol. The quantitative estimate of drug-likeness (QED) is 0.620. The molecule has 0 radical (unpaired) electrons. The average molecular weight is 414 g/mol. The maximum absolute atomic E-state index is 12.6. The molecule has 2 aromatic carbocycles. The summed E-state index contributed by atoms with van der Waals surface area (Å²) in [5, 5.41) is 13.9. The fourth-order valence-electron chi connectivity index (χ4n) is 2.68. The minimum atomic E-state index is -0.435. The molecule has 2 amide bonds. The number of carbonyl (C=O) groups is 2. The summed E-state index contributed by atoms with van der Waals surface area (Å²) < 4.78 is 6.60. The van der Waals surface area contributed by atoms with Crippen LogP contribution >= 0.6 is 11.6 Å². The van der Waals surface area contributed by atoms with E-state index < -0.39 is 5.91 Å². The van der Waals surface area contributed by atoms with Crippen LogP contribution in [0.4, 0.5) is 5.69 Å². The van der Waals surface area contributed by atoms with E-state index in [-0.39, 0.29) is 18.1 Å². The molecule has 0 aliphatic carbocycles. The molecule has 1 aromatic heterocycles. The minimum absolute atomic E-state index is 0.0643. The van der Waals surface area contributed by atoms with Crippen LogP contribution in [0.1, 0.15) is 21.7 Å². The molecule has 0 bridgehead atoms. The Morgan fingerprint density at radius 3 is 2.62 bits per heavy atom. The van der Waals surface area contributed by atoms with Crippen LogP contribution in [-0.4, -0.2) is 33.9 Å². The predicted molar refractivity (Wildman–Crippen MR) is 109 cm³/mol. The fourth-order valence-corrected chi connectivity index (χ4v) is 2.88. The third-order valence-corrected chi connectivity index (χ3v) is 4.65. The van der Waals surface area contributed by atoms with Gasteiger partial charge in [-0.2, -0.15) is 0 Å². The van der Waals surface area contributed by atoms with Crippen molar-refractivity contribution in [1.29, 1.82) is 0 Å². The number of hydrogen-bond acceptors (Lipinski definition) is 5. The molecule has 3 aromatic rings. The molecule has 0 aliphatic heterocycles. The van der Waals surface area contributed by atoms with Gasteiger partial charge in [0.2, 0.25) is 5.91 Å². The lowest BCUT2D eigenvalue weighted by Crippen LogP contribution is -2.28. The van der Waals surface area contributed by atoms with Crippen LogP contribution in [0.25, 0.3) is 0 Å². The van der Waals surface area contributed by atoms with E-state index in [0.29, 0.717) is 28.7 Å². The maximum Gasteiger partial charge on any atom is 0.278 e. The standard InChI is InChI=1S/C20H20ClN5O3/c1-13-19(20(28)23-16-9-5-6-10-17(16)29-2)24-25-26(13)12-18(27)22-11-14-7-3-4-8-15(14)21/h3-10H,11-12H2,1-2H3,(H,22,27)(H,23,28). The second-order valence-corrected chi connectivity index (χ2v) is 6.61. The van der Waals surface area contributed by atoms with Crippen LogP contribution in [-0.2, 0) is 17.9 Å². The fraction of sp³-hybridized carbons (Fsp3) is 0.200. The van der Waals surface area contributed by atoms with Crippen LogP contribution in [0.5, 0.6) is 5.75 Å². The highest BCUT2D eigenvalue weighted by atomic mass is 35.5. The zero-order valence-corrected chi connectivity index (χ0v) is 16.7. The first kappa shape index (κ1) is 20.3. The Labute approximate surface area is 172 Å². The number of carbonyl (C=O) groups excluding carboxylic acids is 2. The minimum Gasteiger partial charge on any atom is -0.495 e. The van der Waals surface area contributed by atoms with Crippen LogP contribution in [0.2, 0.25) is 5.02 Å². The predicted octanol–water partition coefficient (Wildman–Crippen LogP) is 2.82. The smallest absolute Gasteiger partial charge is 0.278 e. The number of hydrogen-bond donors (Lipinski definition) is 2. The Bertz CT molecular complexity index is 1030. The van der Waals surface area contributed by atoms with Crippen LogP contribution in [0, 0.1) is 6.92 Å². The highest BCUT2D eigenvalue weighted by molar-refractivity contribution is 6.31. The molecule has 0 fully saturated rings. The number of anilines is 1. The van der Waals surface area contributed by atoms with Crippen molar-refractivity contribution in [3.8, 4) is 5.75 Å². The summed E-state index contributed by atoms with van der Waals surface area (Å²) in [6.45, 7) is 1.91. The molecule has 9 heteroatoms. The molecule has 29 heavy (non-hydrogen) atoms. The number of rotatable bonds is 7. The summed E-state index contributed by atoms with van der Waals surface area (Å²) in [6, 6.07) is 14.3. The van der Waals surface area contributed by atoms with Crippen molar-refractivity contribution >= 4 is 29.1 Å². The molecule has 3 rings (SSSR count). The van der Waals surface area contributed by atoms with Gasteiger partial charge in [-0.15, -0.1) is 5.10 Å². The maximum atomic E-state index is 12.6. The van der Waals surface area contributed by atoms with Crippen LogP contribution in [0.15, 0.2) is 48.5 Å². The van der Waals surface area contributed by atoms with E-state index in [1.54, 1.807) is 37.3 Å². The SMILES string of the molecule is COc1ccccc1NC(=O)c1nnn(CC(=O)NCc2ccccc2Cl)c1C. The summed E-state index contributed by atoms with van der Waals surface area (Å²) in [6.07, 6.45) is 0. The molecule has 0 atom stereocenters. The van der Waals surface area contributed by atoms with E-state index in [9.17, 15) is 9.59 Å². The van der Waals surface area contributed by atoms with E-state index in [0.717, 1.165) is 5.56 Å². The second kappa shape index (κ2) is 9.20. The average Bonchev–Trinajstić information content (AvgIpc) is 3.08. The number of halogens is 1. The van der Waals surface area contributed by atoms with Gasteiger partial charge in [-0.25, -0.2) is 4.68 Å². The number of nitrogens with zero attached hydrogens (tertiary/aromatic N) is 3. The highest BCUT2D eigenvalue weighted by Crippen LogP contribution is 2.23. The molecular formula is C20H20ClN5O3. The lowest BCUT2D eigenvalue weighted by Gasteiger charge is -2.09. The number of benzene rings is 2. The summed E-state index contributed by atoms with van der Waals surface area (Å²) >= 11 is 6.09. The van der Waals surface area contributed by atoms with E-state index >= 15 is 0 Å². The van der Waals surface area contributed by atoms with Gasteiger partial charge < -0.3 is 15.4 Å². The van der Waals surface area contributed by atoms with E-state index in [4.69, 9.17) is 16.3 Å². The Morgan fingerprint density at radius 2 is 1.86 bits per heavy atom. The van der Waals surface area contributed by atoms with Crippen molar-refractivity contribution < 1.29 is 14.3 Å². The van der Waals surface area contributed by atoms with Gasteiger partial charge in [-0.3, -0.25) is 9.59 Å². The van der Waals surface area contributed by atoms with Crippen molar-refractivity contribution in [3.05, 3.63) is 70.5 Å². The van der Waals surface area contributed by atoms with E-state index in [2.05, 4.69) is 20.9 Å². The number of para-hydroxylation sites is 2. The third-order valence-electron chi connectivity index (χ3n) is 4.28. The molecule has 0 saturated carbocycles. The van der Waals surface area contributed by atoms with Crippen molar-refractivity contribution in [3.63, 3.8) is 0 Å². The Morgan fingerprint density at radius 1 is 1.14 bits per heavy atom. The molecule has 2 N–H and O–H groups in total. The zero-order chi connectivity index (χ0) is 20.8. The van der Waals surface area contributed by atoms with E-state index in [1.807, 2.05) is 18.2 Å². The second-order valence-electron chi connectivity index (χ2n) is 6.20. The van der Waals surface area contributed by atoms with E-state index in [1.165, 1.54) is 11.8 Å². The molecule has 0 saturated heterocycles. The molecule has 1 heterocycles. The molecule has 0 aliphatic rings. The van der Waals surface area contributed by atoms with Gasteiger partial charge in [0.15, 0.2) is 5.69 Å². The molecule has 0 spiro atoms. The Balaban J connectivity index is 1.63.